The molecule has 0 saturated heterocycles. The van der Waals surface area contributed by atoms with E-state index < -0.39 is 0 Å². The highest BCUT2D eigenvalue weighted by Gasteiger charge is 2.22. The van der Waals surface area contributed by atoms with E-state index in [1.807, 2.05) is 25.2 Å². The second-order valence-electron chi connectivity index (χ2n) is 6.11. The van der Waals surface area contributed by atoms with Gasteiger partial charge in [-0.25, -0.2) is 0 Å². The van der Waals surface area contributed by atoms with Crippen LogP contribution in [0, 0.1) is 0 Å². The molecule has 0 saturated carbocycles. The van der Waals surface area contributed by atoms with E-state index in [0.29, 0.717) is 0 Å². The van der Waals surface area contributed by atoms with Crippen LogP contribution < -0.4 is 5.32 Å². The summed E-state index contributed by atoms with van der Waals surface area (Å²) in [5, 5.41) is 4.19. The molecule has 2 aromatic carbocycles. The predicted molar refractivity (Wildman–Crippen MR) is 87.5 cm³/mol. The minimum absolute atomic E-state index is 0.115. The van der Waals surface area contributed by atoms with Crippen LogP contribution in [-0.4, -0.2) is 7.05 Å². The Hall–Kier alpha value is -1.31. The highest BCUT2D eigenvalue weighted by Crippen LogP contribution is 2.33. The summed E-state index contributed by atoms with van der Waals surface area (Å²) in [5.41, 5.74) is 3.98. The molecular weight excluding hydrogens is 266 g/mol. The van der Waals surface area contributed by atoms with Gasteiger partial charge < -0.3 is 5.32 Å². The summed E-state index contributed by atoms with van der Waals surface area (Å²) in [6.07, 6.45) is 0. The van der Waals surface area contributed by atoms with Gasteiger partial charge >= 0.3 is 0 Å². The Balaban J connectivity index is 2.53. The Kier molecular flexibility index (Phi) is 4.52. The van der Waals surface area contributed by atoms with Crippen molar-refractivity contribution >= 4 is 11.6 Å². The zero-order valence-corrected chi connectivity index (χ0v) is 13.3. The van der Waals surface area contributed by atoms with E-state index in [0.717, 1.165) is 5.02 Å². The van der Waals surface area contributed by atoms with Crippen LogP contribution in [0.25, 0.3) is 0 Å². The van der Waals surface area contributed by atoms with Crippen molar-refractivity contribution in [3.8, 4) is 0 Å². The molecule has 1 atom stereocenters. The van der Waals surface area contributed by atoms with Crippen molar-refractivity contribution < 1.29 is 0 Å². The molecule has 0 aliphatic heterocycles. The van der Waals surface area contributed by atoms with Crippen LogP contribution in [0.4, 0.5) is 0 Å². The number of benzene rings is 2. The molecule has 0 heterocycles. The second kappa shape index (κ2) is 5.99. The predicted octanol–water partition coefficient (Wildman–Crippen LogP) is 4.95. The average molecular weight is 288 g/mol. The lowest BCUT2D eigenvalue weighted by Crippen LogP contribution is -2.23. The highest BCUT2D eigenvalue weighted by molar-refractivity contribution is 6.30. The zero-order chi connectivity index (χ0) is 14.8. The summed E-state index contributed by atoms with van der Waals surface area (Å²) in [6, 6.07) is 16.8. The van der Waals surface area contributed by atoms with E-state index in [4.69, 9.17) is 11.6 Å². The summed E-state index contributed by atoms with van der Waals surface area (Å²) in [6.45, 7) is 6.74. The van der Waals surface area contributed by atoms with Gasteiger partial charge in [0.2, 0.25) is 0 Å². The van der Waals surface area contributed by atoms with Gasteiger partial charge in [-0.3, -0.25) is 0 Å². The molecule has 2 aromatic rings. The third kappa shape index (κ3) is 3.23. The summed E-state index contributed by atoms with van der Waals surface area (Å²) in [7, 11) is 1.99. The molecule has 0 bridgehead atoms. The number of hydrogen-bond donors (Lipinski definition) is 1. The van der Waals surface area contributed by atoms with E-state index >= 15 is 0 Å². The Morgan fingerprint density at radius 3 is 2.30 bits per heavy atom. The monoisotopic (exact) mass is 287 g/mol. The van der Waals surface area contributed by atoms with Crippen LogP contribution in [0.2, 0.25) is 5.02 Å². The smallest absolute Gasteiger partial charge is 0.0577 e. The molecule has 2 heteroatoms. The first-order chi connectivity index (χ1) is 9.43. The summed E-state index contributed by atoms with van der Waals surface area (Å²) in [5.74, 6) is 0. The van der Waals surface area contributed by atoms with Crippen molar-refractivity contribution in [3.05, 3.63) is 70.2 Å². The first-order valence-corrected chi connectivity index (χ1v) is 7.33. The molecule has 0 amide bonds. The Labute approximate surface area is 127 Å². The van der Waals surface area contributed by atoms with Crippen molar-refractivity contribution in [2.45, 2.75) is 32.2 Å². The van der Waals surface area contributed by atoms with Gasteiger partial charge in [0.1, 0.15) is 0 Å². The molecule has 0 aromatic heterocycles. The van der Waals surface area contributed by atoms with Gasteiger partial charge in [-0.05, 0) is 41.3 Å². The second-order valence-corrected chi connectivity index (χ2v) is 6.55. The Morgan fingerprint density at radius 1 is 1.00 bits per heavy atom. The van der Waals surface area contributed by atoms with E-state index in [9.17, 15) is 0 Å². The van der Waals surface area contributed by atoms with Crippen molar-refractivity contribution in [2.24, 2.45) is 0 Å². The Bertz CT molecular complexity index is 584. The fraction of sp³-hybridized carbons (Fsp3) is 0.333. The first kappa shape index (κ1) is 15.1. The lowest BCUT2D eigenvalue weighted by atomic mass is 9.80. The van der Waals surface area contributed by atoms with Gasteiger partial charge in [-0.15, -0.1) is 0 Å². The van der Waals surface area contributed by atoms with Crippen molar-refractivity contribution in [3.63, 3.8) is 0 Å². The van der Waals surface area contributed by atoms with E-state index in [1.54, 1.807) is 0 Å². The van der Waals surface area contributed by atoms with Crippen LogP contribution >= 0.6 is 11.6 Å². The van der Waals surface area contributed by atoms with Gasteiger partial charge in [0.25, 0.3) is 0 Å². The third-order valence-electron chi connectivity index (χ3n) is 3.55. The fourth-order valence-electron chi connectivity index (χ4n) is 2.62. The van der Waals surface area contributed by atoms with Crippen molar-refractivity contribution in [1.82, 2.24) is 5.32 Å². The van der Waals surface area contributed by atoms with Crippen LogP contribution in [0.15, 0.2) is 48.5 Å². The van der Waals surface area contributed by atoms with Crippen molar-refractivity contribution in [2.75, 3.05) is 7.05 Å². The normalized spacial score (nSPS) is 13.2. The SMILES string of the molecule is CNC(c1cccc(Cl)c1)c1ccccc1C(C)(C)C. The standard InChI is InChI=1S/C18H22ClN/c1-18(2,3)16-11-6-5-10-15(16)17(20-4)13-8-7-9-14(19)12-13/h5-12,17,20H,1-4H3. The number of rotatable bonds is 3. The summed E-state index contributed by atoms with van der Waals surface area (Å²) in [4.78, 5) is 0. The minimum atomic E-state index is 0.115. The van der Waals surface area contributed by atoms with Crippen LogP contribution in [0.3, 0.4) is 0 Å². The van der Waals surface area contributed by atoms with Gasteiger partial charge in [-0.1, -0.05) is 68.8 Å². The molecule has 0 spiro atoms. The van der Waals surface area contributed by atoms with Gasteiger partial charge in [0, 0.05) is 5.02 Å². The molecule has 1 N–H and O–H groups in total. The minimum Gasteiger partial charge on any atom is -0.309 e. The lowest BCUT2D eigenvalue weighted by molar-refractivity contribution is 0.567. The van der Waals surface area contributed by atoms with Gasteiger partial charge in [-0.2, -0.15) is 0 Å². The largest absolute Gasteiger partial charge is 0.309 e. The molecule has 0 fully saturated rings. The molecule has 106 valence electrons. The molecule has 1 unspecified atom stereocenters. The van der Waals surface area contributed by atoms with Crippen LogP contribution in [-0.2, 0) is 5.41 Å². The van der Waals surface area contributed by atoms with E-state index in [-0.39, 0.29) is 11.5 Å². The molecule has 0 radical (unpaired) electrons. The highest BCUT2D eigenvalue weighted by atomic mass is 35.5. The molecule has 20 heavy (non-hydrogen) atoms. The number of halogens is 1. The fourth-order valence-corrected chi connectivity index (χ4v) is 2.82. The number of nitrogens with one attached hydrogen (secondary N) is 1. The average Bonchev–Trinajstić information content (AvgIpc) is 2.39. The third-order valence-corrected chi connectivity index (χ3v) is 3.79. The molecular formula is C18H22ClN. The first-order valence-electron chi connectivity index (χ1n) is 6.95. The summed E-state index contributed by atoms with van der Waals surface area (Å²) >= 11 is 6.14. The topological polar surface area (TPSA) is 12.0 Å². The maximum absolute atomic E-state index is 6.14. The molecule has 0 aliphatic rings. The van der Waals surface area contributed by atoms with Crippen molar-refractivity contribution in [1.29, 1.82) is 0 Å². The maximum Gasteiger partial charge on any atom is 0.0577 e. The molecule has 2 rings (SSSR count). The quantitative estimate of drug-likeness (QED) is 0.842. The Morgan fingerprint density at radius 2 is 1.70 bits per heavy atom. The lowest BCUT2D eigenvalue weighted by Gasteiger charge is -2.27. The van der Waals surface area contributed by atoms with Crippen LogP contribution in [0.1, 0.15) is 43.5 Å². The molecule has 0 aliphatic carbocycles. The number of hydrogen-bond acceptors (Lipinski definition) is 1. The summed E-state index contributed by atoms with van der Waals surface area (Å²) < 4.78 is 0. The van der Waals surface area contributed by atoms with Gasteiger partial charge in [0.15, 0.2) is 0 Å². The van der Waals surface area contributed by atoms with Gasteiger partial charge in [0.05, 0.1) is 6.04 Å². The van der Waals surface area contributed by atoms with Crippen LogP contribution in [0.5, 0.6) is 0 Å². The van der Waals surface area contributed by atoms with E-state index in [2.05, 4.69) is 56.4 Å². The zero-order valence-electron chi connectivity index (χ0n) is 12.6. The molecule has 1 nitrogen and oxygen atoms in total. The van der Waals surface area contributed by atoms with E-state index in [1.165, 1.54) is 16.7 Å². The maximum atomic E-state index is 6.14.